The Morgan fingerprint density at radius 3 is 2.71 bits per heavy atom. The molecule has 0 aromatic heterocycles. The highest BCUT2D eigenvalue weighted by atomic mass is 16.2. The average molecular weight is 196 g/mol. The number of hydrogen-bond acceptors (Lipinski definition) is 2. The number of likely N-dealkylation sites (tertiary alicyclic amines) is 1. The van der Waals surface area contributed by atoms with Crippen molar-refractivity contribution in [2.45, 2.75) is 32.6 Å². The molecule has 2 N–H and O–H groups in total. The summed E-state index contributed by atoms with van der Waals surface area (Å²) in [6.45, 7) is 4.67. The predicted molar refractivity (Wildman–Crippen MR) is 55.7 cm³/mol. The van der Waals surface area contributed by atoms with Crippen molar-refractivity contribution >= 4 is 5.91 Å². The number of nitrogens with zero attached hydrogens (tertiary/aromatic N) is 1. The van der Waals surface area contributed by atoms with Crippen molar-refractivity contribution in [2.24, 2.45) is 17.1 Å². The second kappa shape index (κ2) is 3.54. The van der Waals surface area contributed by atoms with E-state index >= 15 is 0 Å². The zero-order valence-electron chi connectivity index (χ0n) is 8.96. The predicted octanol–water partition coefficient (Wildman–Crippen LogP) is 0.984. The fourth-order valence-corrected chi connectivity index (χ4v) is 2.34. The summed E-state index contributed by atoms with van der Waals surface area (Å²) in [5.41, 5.74) is 5.52. The van der Waals surface area contributed by atoms with Crippen LogP contribution in [0.5, 0.6) is 0 Å². The highest BCUT2D eigenvalue weighted by molar-refractivity contribution is 5.85. The van der Waals surface area contributed by atoms with E-state index in [4.69, 9.17) is 5.73 Å². The van der Waals surface area contributed by atoms with Crippen LogP contribution >= 0.6 is 0 Å². The number of amides is 1. The van der Waals surface area contributed by atoms with Crippen molar-refractivity contribution in [3.05, 3.63) is 0 Å². The van der Waals surface area contributed by atoms with Gasteiger partial charge in [-0.15, -0.1) is 0 Å². The summed E-state index contributed by atoms with van der Waals surface area (Å²) in [6.07, 6.45) is 4.40. The topological polar surface area (TPSA) is 46.3 Å². The molecule has 1 aliphatic heterocycles. The van der Waals surface area contributed by atoms with Gasteiger partial charge in [0.1, 0.15) is 0 Å². The molecule has 2 fully saturated rings. The van der Waals surface area contributed by atoms with E-state index in [1.165, 1.54) is 12.8 Å². The highest BCUT2D eigenvalue weighted by Crippen LogP contribution is 2.46. The van der Waals surface area contributed by atoms with Crippen LogP contribution in [0.15, 0.2) is 0 Å². The first kappa shape index (κ1) is 9.97. The van der Waals surface area contributed by atoms with Crippen LogP contribution in [-0.4, -0.2) is 30.4 Å². The summed E-state index contributed by atoms with van der Waals surface area (Å²) in [6, 6.07) is 0. The first-order chi connectivity index (χ1) is 6.72. The molecule has 1 aliphatic carbocycles. The Kier molecular flexibility index (Phi) is 2.52. The minimum Gasteiger partial charge on any atom is -0.342 e. The monoisotopic (exact) mass is 196 g/mol. The number of rotatable bonds is 3. The molecule has 1 saturated heterocycles. The van der Waals surface area contributed by atoms with Crippen LogP contribution in [0, 0.1) is 11.3 Å². The van der Waals surface area contributed by atoms with Crippen LogP contribution in [0.4, 0.5) is 0 Å². The summed E-state index contributed by atoms with van der Waals surface area (Å²) in [5, 5.41) is 0. The molecular weight excluding hydrogens is 176 g/mol. The second-order valence-electron chi connectivity index (χ2n) is 4.80. The quantitative estimate of drug-likeness (QED) is 0.731. The van der Waals surface area contributed by atoms with Gasteiger partial charge in [0.25, 0.3) is 0 Å². The molecule has 0 aromatic rings. The number of carbonyl (C=O) groups excluding carboxylic acids is 1. The van der Waals surface area contributed by atoms with Gasteiger partial charge in [-0.3, -0.25) is 4.79 Å². The number of nitrogens with two attached hydrogens (primary N) is 1. The van der Waals surface area contributed by atoms with Crippen LogP contribution in [0.25, 0.3) is 0 Å². The summed E-state index contributed by atoms with van der Waals surface area (Å²) in [7, 11) is 0. The van der Waals surface area contributed by atoms with E-state index < -0.39 is 0 Å². The van der Waals surface area contributed by atoms with Gasteiger partial charge in [-0.1, -0.05) is 13.3 Å². The lowest BCUT2D eigenvalue weighted by atomic mass is 10.1. The van der Waals surface area contributed by atoms with E-state index in [0.717, 1.165) is 31.8 Å². The average Bonchev–Trinajstić information content (AvgIpc) is 2.88. The van der Waals surface area contributed by atoms with E-state index in [9.17, 15) is 4.79 Å². The van der Waals surface area contributed by atoms with Crippen molar-refractivity contribution < 1.29 is 4.79 Å². The zero-order valence-corrected chi connectivity index (χ0v) is 8.96. The SMILES string of the molecule is CCC1CCN(C(=O)C2(CN)CC2)C1. The molecule has 1 saturated carbocycles. The lowest BCUT2D eigenvalue weighted by molar-refractivity contribution is -0.135. The molecule has 1 amide bonds. The van der Waals surface area contributed by atoms with Gasteiger partial charge in [-0.05, 0) is 25.2 Å². The van der Waals surface area contributed by atoms with Crippen molar-refractivity contribution in [1.29, 1.82) is 0 Å². The Balaban J connectivity index is 1.93. The van der Waals surface area contributed by atoms with Crippen molar-refractivity contribution in [3.8, 4) is 0 Å². The van der Waals surface area contributed by atoms with Gasteiger partial charge in [0.2, 0.25) is 5.91 Å². The molecule has 1 heterocycles. The fourth-order valence-electron chi connectivity index (χ4n) is 2.34. The first-order valence-corrected chi connectivity index (χ1v) is 5.71. The molecule has 0 bridgehead atoms. The van der Waals surface area contributed by atoms with Crippen LogP contribution in [0.3, 0.4) is 0 Å². The Hall–Kier alpha value is -0.570. The Bertz CT molecular complexity index is 235. The van der Waals surface area contributed by atoms with Crippen molar-refractivity contribution in [2.75, 3.05) is 19.6 Å². The lowest BCUT2D eigenvalue weighted by Crippen LogP contribution is -2.39. The van der Waals surface area contributed by atoms with Crippen LogP contribution in [0.1, 0.15) is 32.6 Å². The lowest BCUT2D eigenvalue weighted by Gasteiger charge is -2.21. The fraction of sp³-hybridized carbons (Fsp3) is 0.909. The molecule has 2 aliphatic rings. The largest absolute Gasteiger partial charge is 0.342 e. The summed E-state index contributed by atoms with van der Waals surface area (Å²) in [5.74, 6) is 1.06. The van der Waals surface area contributed by atoms with Gasteiger partial charge in [0, 0.05) is 19.6 Å². The van der Waals surface area contributed by atoms with Crippen LogP contribution in [-0.2, 0) is 4.79 Å². The molecule has 0 spiro atoms. The summed E-state index contributed by atoms with van der Waals surface area (Å²) in [4.78, 5) is 14.1. The minimum atomic E-state index is -0.136. The highest BCUT2D eigenvalue weighted by Gasteiger charge is 2.51. The van der Waals surface area contributed by atoms with Crippen LogP contribution < -0.4 is 5.73 Å². The molecule has 0 aromatic carbocycles. The maximum atomic E-state index is 12.1. The Morgan fingerprint density at radius 1 is 1.57 bits per heavy atom. The van der Waals surface area contributed by atoms with Gasteiger partial charge < -0.3 is 10.6 Å². The van der Waals surface area contributed by atoms with E-state index in [1.54, 1.807) is 0 Å². The van der Waals surface area contributed by atoms with E-state index in [-0.39, 0.29) is 5.41 Å². The molecular formula is C11H20N2O. The van der Waals surface area contributed by atoms with Gasteiger partial charge in [-0.25, -0.2) is 0 Å². The maximum absolute atomic E-state index is 12.1. The Labute approximate surface area is 85.6 Å². The van der Waals surface area contributed by atoms with Crippen molar-refractivity contribution in [3.63, 3.8) is 0 Å². The maximum Gasteiger partial charge on any atom is 0.230 e. The summed E-state index contributed by atoms with van der Waals surface area (Å²) < 4.78 is 0. The molecule has 0 radical (unpaired) electrons. The van der Waals surface area contributed by atoms with Gasteiger partial charge in [0.15, 0.2) is 0 Å². The molecule has 1 unspecified atom stereocenters. The second-order valence-corrected chi connectivity index (χ2v) is 4.80. The Morgan fingerprint density at radius 2 is 2.29 bits per heavy atom. The van der Waals surface area contributed by atoms with E-state index in [1.807, 2.05) is 4.90 Å². The third-order valence-electron chi connectivity index (χ3n) is 3.85. The molecule has 2 rings (SSSR count). The first-order valence-electron chi connectivity index (χ1n) is 5.71. The molecule has 80 valence electrons. The standard InChI is InChI=1S/C11H20N2O/c1-2-9-3-6-13(7-9)10(14)11(8-12)4-5-11/h9H,2-8,12H2,1H3. The van der Waals surface area contributed by atoms with Gasteiger partial charge in [0.05, 0.1) is 5.41 Å². The van der Waals surface area contributed by atoms with Crippen LogP contribution in [0.2, 0.25) is 0 Å². The normalized spacial score (nSPS) is 29.3. The van der Waals surface area contributed by atoms with E-state index in [0.29, 0.717) is 12.5 Å². The van der Waals surface area contributed by atoms with Gasteiger partial charge >= 0.3 is 0 Å². The van der Waals surface area contributed by atoms with Crippen molar-refractivity contribution in [1.82, 2.24) is 4.90 Å². The van der Waals surface area contributed by atoms with E-state index in [2.05, 4.69) is 6.92 Å². The molecule has 3 nitrogen and oxygen atoms in total. The third-order valence-corrected chi connectivity index (χ3v) is 3.85. The minimum absolute atomic E-state index is 0.136. The smallest absolute Gasteiger partial charge is 0.230 e. The molecule has 14 heavy (non-hydrogen) atoms. The third kappa shape index (κ3) is 1.54. The van der Waals surface area contributed by atoms with Gasteiger partial charge in [-0.2, -0.15) is 0 Å². The molecule has 3 heteroatoms. The zero-order chi connectivity index (χ0) is 10.2. The number of carbonyl (C=O) groups is 1. The summed E-state index contributed by atoms with van der Waals surface area (Å²) >= 11 is 0. The number of hydrogen-bond donors (Lipinski definition) is 1. The molecule has 1 atom stereocenters.